The Hall–Kier alpha value is -1.79. The monoisotopic (exact) mass is 289 g/mol. The van der Waals surface area contributed by atoms with Gasteiger partial charge in [0.2, 0.25) is 0 Å². The molecular formula is C15H23N5O. The van der Waals surface area contributed by atoms with Gasteiger partial charge in [-0.25, -0.2) is 0 Å². The maximum atomic E-state index is 5.25. The Balaban J connectivity index is 2.28. The van der Waals surface area contributed by atoms with Gasteiger partial charge < -0.3 is 10.1 Å². The van der Waals surface area contributed by atoms with Crippen LogP contribution < -0.4 is 5.32 Å². The first-order chi connectivity index (χ1) is 10.1. The molecule has 0 aliphatic carbocycles. The molecule has 1 aromatic carbocycles. The van der Waals surface area contributed by atoms with E-state index in [1.54, 1.807) is 11.8 Å². The molecule has 0 aliphatic heterocycles. The maximum absolute atomic E-state index is 5.25. The molecule has 1 atom stereocenters. The summed E-state index contributed by atoms with van der Waals surface area (Å²) in [4.78, 5) is 0. The summed E-state index contributed by atoms with van der Waals surface area (Å²) in [5, 5.41) is 15.6. The van der Waals surface area contributed by atoms with Crippen molar-refractivity contribution in [3.05, 3.63) is 35.7 Å². The van der Waals surface area contributed by atoms with Gasteiger partial charge in [0.05, 0.1) is 18.3 Å². The van der Waals surface area contributed by atoms with Gasteiger partial charge in [-0.05, 0) is 35.9 Å². The van der Waals surface area contributed by atoms with Crippen LogP contribution in [-0.2, 0) is 11.3 Å². The van der Waals surface area contributed by atoms with Gasteiger partial charge in [0.1, 0.15) is 0 Å². The van der Waals surface area contributed by atoms with Gasteiger partial charge in [0, 0.05) is 12.7 Å². The maximum Gasteiger partial charge on any atom is 0.173 e. The molecule has 2 aromatic rings. The van der Waals surface area contributed by atoms with Crippen LogP contribution in [0.2, 0.25) is 0 Å². The fraction of sp³-hybridized carbons (Fsp3) is 0.533. The highest BCUT2D eigenvalue weighted by Gasteiger charge is 2.17. The molecule has 1 unspecified atom stereocenters. The number of nitrogens with zero attached hydrogens (tertiary/aromatic N) is 4. The fourth-order valence-electron chi connectivity index (χ4n) is 2.13. The third-order valence-electron chi connectivity index (χ3n) is 3.23. The molecule has 2 rings (SSSR count). The lowest BCUT2D eigenvalue weighted by Gasteiger charge is -2.16. The van der Waals surface area contributed by atoms with Gasteiger partial charge in [-0.15, -0.1) is 5.10 Å². The molecule has 0 fully saturated rings. The lowest BCUT2D eigenvalue weighted by molar-refractivity contribution is 0.184. The Kier molecular flexibility index (Phi) is 5.41. The number of tetrazole rings is 1. The van der Waals surface area contributed by atoms with Crippen molar-refractivity contribution >= 4 is 0 Å². The first-order valence-corrected chi connectivity index (χ1v) is 7.22. The second kappa shape index (κ2) is 7.28. The second-order valence-electron chi connectivity index (χ2n) is 5.53. The van der Waals surface area contributed by atoms with E-state index < -0.39 is 0 Å². The van der Waals surface area contributed by atoms with Crippen LogP contribution in [0.4, 0.5) is 0 Å². The highest BCUT2D eigenvalue weighted by atomic mass is 16.5. The van der Waals surface area contributed by atoms with Crippen molar-refractivity contribution in [2.45, 2.75) is 33.4 Å². The standard InChI is InChI=1S/C15H23N5O/c1-11(2)9-16-12(3)15-17-18-19-20(15)14-8-6-5-7-13(14)10-21-4/h5-8,11-12,16H,9-10H2,1-4H3. The molecule has 0 spiro atoms. The highest BCUT2D eigenvalue weighted by molar-refractivity contribution is 5.40. The first-order valence-electron chi connectivity index (χ1n) is 7.22. The summed E-state index contributed by atoms with van der Waals surface area (Å²) in [7, 11) is 1.68. The molecule has 0 aliphatic rings. The topological polar surface area (TPSA) is 64.9 Å². The lowest BCUT2D eigenvalue weighted by Crippen LogP contribution is -2.26. The fourth-order valence-corrected chi connectivity index (χ4v) is 2.13. The third kappa shape index (κ3) is 3.86. The Morgan fingerprint density at radius 3 is 2.71 bits per heavy atom. The van der Waals surface area contributed by atoms with Gasteiger partial charge in [-0.2, -0.15) is 4.68 Å². The summed E-state index contributed by atoms with van der Waals surface area (Å²) in [6, 6.07) is 8.08. The molecule has 0 radical (unpaired) electrons. The van der Waals surface area contributed by atoms with Gasteiger partial charge in [-0.1, -0.05) is 32.0 Å². The summed E-state index contributed by atoms with van der Waals surface area (Å²) < 4.78 is 7.03. The molecule has 0 saturated heterocycles. The van der Waals surface area contributed by atoms with Crippen LogP contribution in [0.15, 0.2) is 24.3 Å². The van der Waals surface area contributed by atoms with Crippen molar-refractivity contribution in [3.63, 3.8) is 0 Å². The van der Waals surface area contributed by atoms with Crippen LogP contribution in [0.1, 0.15) is 38.2 Å². The molecule has 21 heavy (non-hydrogen) atoms. The van der Waals surface area contributed by atoms with E-state index in [1.165, 1.54) is 0 Å². The van der Waals surface area contributed by atoms with E-state index in [1.807, 2.05) is 24.3 Å². The lowest BCUT2D eigenvalue weighted by atomic mass is 10.1. The first kappa shape index (κ1) is 15.6. The number of aromatic nitrogens is 4. The number of methoxy groups -OCH3 is 1. The van der Waals surface area contributed by atoms with E-state index in [0.717, 1.165) is 23.6 Å². The minimum Gasteiger partial charge on any atom is -0.380 e. The molecule has 0 saturated carbocycles. The van der Waals surface area contributed by atoms with Gasteiger partial charge in [0.15, 0.2) is 5.82 Å². The quantitative estimate of drug-likeness (QED) is 0.845. The molecule has 114 valence electrons. The third-order valence-corrected chi connectivity index (χ3v) is 3.23. The van der Waals surface area contributed by atoms with E-state index in [0.29, 0.717) is 12.5 Å². The van der Waals surface area contributed by atoms with Crippen molar-refractivity contribution in [3.8, 4) is 5.69 Å². The Morgan fingerprint density at radius 2 is 2.00 bits per heavy atom. The smallest absolute Gasteiger partial charge is 0.173 e. The average molecular weight is 289 g/mol. The van der Waals surface area contributed by atoms with Crippen molar-refractivity contribution in [1.29, 1.82) is 0 Å². The number of hydrogen-bond donors (Lipinski definition) is 1. The average Bonchev–Trinajstić information content (AvgIpc) is 2.95. The van der Waals surface area contributed by atoms with Crippen LogP contribution in [0.25, 0.3) is 5.69 Å². The normalized spacial score (nSPS) is 12.8. The summed E-state index contributed by atoms with van der Waals surface area (Å²) in [6.45, 7) is 7.88. The van der Waals surface area contributed by atoms with E-state index in [-0.39, 0.29) is 6.04 Å². The zero-order valence-corrected chi connectivity index (χ0v) is 13.1. The van der Waals surface area contributed by atoms with E-state index in [4.69, 9.17) is 4.74 Å². The predicted molar refractivity (Wildman–Crippen MR) is 81.1 cm³/mol. The predicted octanol–water partition coefficient (Wildman–Crippen LogP) is 2.12. The molecular weight excluding hydrogens is 266 g/mol. The number of hydrogen-bond acceptors (Lipinski definition) is 5. The van der Waals surface area contributed by atoms with E-state index in [2.05, 4.69) is 41.6 Å². The molecule has 0 amide bonds. The van der Waals surface area contributed by atoms with E-state index in [9.17, 15) is 0 Å². The summed E-state index contributed by atoms with van der Waals surface area (Å²) in [5.74, 6) is 1.39. The van der Waals surface area contributed by atoms with Crippen molar-refractivity contribution in [2.75, 3.05) is 13.7 Å². The number of rotatable bonds is 7. The van der Waals surface area contributed by atoms with Crippen molar-refractivity contribution in [1.82, 2.24) is 25.5 Å². The van der Waals surface area contributed by atoms with Gasteiger partial charge >= 0.3 is 0 Å². The molecule has 0 bridgehead atoms. The second-order valence-corrected chi connectivity index (χ2v) is 5.53. The Labute approximate surface area is 125 Å². The molecule has 6 heteroatoms. The number of para-hydroxylation sites is 1. The molecule has 1 heterocycles. The Morgan fingerprint density at radius 1 is 1.24 bits per heavy atom. The molecule has 1 aromatic heterocycles. The summed E-state index contributed by atoms with van der Waals surface area (Å²) in [6.07, 6.45) is 0. The molecule has 1 N–H and O–H groups in total. The van der Waals surface area contributed by atoms with Gasteiger partial charge in [0.25, 0.3) is 0 Å². The highest BCUT2D eigenvalue weighted by Crippen LogP contribution is 2.18. The summed E-state index contributed by atoms with van der Waals surface area (Å²) >= 11 is 0. The van der Waals surface area contributed by atoms with Crippen LogP contribution in [-0.4, -0.2) is 33.9 Å². The summed E-state index contributed by atoms with van der Waals surface area (Å²) in [5.41, 5.74) is 2.02. The van der Waals surface area contributed by atoms with Crippen molar-refractivity contribution < 1.29 is 4.74 Å². The zero-order chi connectivity index (χ0) is 15.2. The SMILES string of the molecule is COCc1ccccc1-n1nnnc1C(C)NCC(C)C. The van der Waals surface area contributed by atoms with E-state index >= 15 is 0 Å². The largest absolute Gasteiger partial charge is 0.380 e. The van der Waals surface area contributed by atoms with Crippen LogP contribution in [0, 0.1) is 5.92 Å². The van der Waals surface area contributed by atoms with Crippen LogP contribution in [0.5, 0.6) is 0 Å². The number of benzene rings is 1. The minimum absolute atomic E-state index is 0.0815. The number of ether oxygens (including phenoxy) is 1. The number of nitrogens with one attached hydrogen (secondary N) is 1. The van der Waals surface area contributed by atoms with Crippen molar-refractivity contribution in [2.24, 2.45) is 5.92 Å². The van der Waals surface area contributed by atoms with Crippen LogP contribution >= 0.6 is 0 Å². The Bertz CT molecular complexity index is 567. The van der Waals surface area contributed by atoms with Crippen LogP contribution in [0.3, 0.4) is 0 Å². The molecule has 6 nitrogen and oxygen atoms in total. The van der Waals surface area contributed by atoms with Gasteiger partial charge in [-0.3, -0.25) is 0 Å². The minimum atomic E-state index is 0.0815. The zero-order valence-electron chi connectivity index (χ0n) is 13.1.